The molecule has 1 aromatic heterocycles. The molecule has 5 fully saturated rings. The molecule has 4 aliphatic heterocycles. The predicted octanol–water partition coefficient (Wildman–Crippen LogP) is 6.87. The van der Waals surface area contributed by atoms with Gasteiger partial charge in [-0.05, 0) is 129 Å². The van der Waals surface area contributed by atoms with Crippen molar-refractivity contribution in [3.8, 4) is 22.6 Å². The Balaban J connectivity index is 0.688. The predicted molar refractivity (Wildman–Crippen MR) is 270 cm³/mol. The number of rotatable bonds is 14. The normalized spacial score (nSPS) is 26.2. The van der Waals surface area contributed by atoms with E-state index in [9.17, 15) is 24.3 Å². The number of nitrogens with zero attached hydrogens (tertiary/aromatic N) is 5. The number of imide groups is 1. The van der Waals surface area contributed by atoms with Crippen molar-refractivity contribution in [2.24, 2.45) is 36.5 Å². The van der Waals surface area contributed by atoms with Crippen molar-refractivity contribution in [1.29, 1.82) is 0 Å². The third-order valence-electron chi connectivity index (χ3n) is 17.3. The lowest BCUT2D eigenvalue weighted by atomic mass is 9.76. The van der Waals surface area contributed by atoms with Gasteiger partial charge in [-0.25, -0.2) is 13.6 Å². The summed E-state index contributed by atoms with van der Waals surface area (Å²) in [6, 6.07) is 19.8. The van der Waals surface area contributed by atoms with Gasteiger partial charge in [0.1, 0.15) is 18.2 Å². The molecule has 11 rings (SSSR count). The number of aromatic nitrogens is 2. The maximum atomic E-state index is 16.5. The Bertz CT molecular complexity index is 2980. The second kappa shape index (κ2) is 19.4. The molecule has 0 bridgehead atoms. The number of carbonyl (C=O) groups excluding carboxylic acids is 4. The first kappa shape index (κ1) is 48.8. The van der Waals surface area contributed by atoms with E-state index in [0.29, 0.717) is 48.1 Å². The number of carbonyl (C=O) groups is 4. The van der Waals surface area contributed by atoms with E-state index in [1.54, 1.807) is 11.8 Å². The lowest BCUT2D eigenvalue weighted by Crippen LogP contribution is -2.49. The monoisotopic (exact) mass is 998 g/mol. The average molecular weight is 999 g/mol. The van der Waals surface area contributed by atoms with E-state index in [2.05, 4.69) is 43.7 Å². The highest BCUT2D eigenvalue weighted by molar-refractivity contribution is 6.09. The highest BCUT2D eigenvalue weighted by Crippen LogP contribution is 2.56. The molecule has 5 heterocycles. The van der Waals surface area contributed by atoms with Crippen LogP contribution in [-0.2, 0) is 22.2 Å². The summed E-state index contributed by atoms with van der Waals surface area (Å²) in [5, 5.41) is 21.1. The van der Waals surface area contributed by atoms with Gasteiger partial charge in [-0.2, -0.15) is 5.10 Å². The summed E-state index contributed by atoms with van der Waals surface area (Å²) in [5.74, 6) is -0.0170. The number of anilines is 1. The summed E-state index contributed by atoms with van der Waals surface area (Å²) >= 11 is 0. The third-order valence-corrected chi connectivity index (χ3v) is 17.3. The highest BCUT2D eigenvalue weighted by Gasteiger charge is 2.57. The van der Waals surface area contributed by atoms with Gasteiger partial charge in [-0.1, -0.05) is 43.3 Å². The van der Waals surface area contributed by atoms with Gasteiger partial charge in [0.25, 0.3) is 0 Å². The fourth-order valence-electron chi connectivity index (χ4n) is 13.1. The van der Waals surface area contributed by atoms with Gasteiger partial charge in [-0.15, -0.1) is 0 Å². The van der Waals surface area contributed by atoms with Crippen molar-refractivity contribution in [2.75, 3.05) is 63.9 Å². The number of aryl methyl sites for hydroxylation is 1. The van der Waals surface area contributed by atoms with Crippen LogP contribution in [0.4, 0.5) is 19.4 Å². The molecule has 5 aromatic rings. The van der Waals surface area contributed by atoms with Crippen LogP contribution in [0.5, 0.6) is 11.5 Å². The number of urea groups is 1. The number of aliphatic hydroxyl groups is 1. The van der Waals surface area contributed by atoms with Crippen LogP contribution in [0.15, 0.2) is 66.7 Å². The Kier molecular flexibility index (Phi) is 13.0. The molecule has 0 spiro atoms. The number of nitrogens with one attached hydrogen (secondary N) is 2. The Labute approximate surface area is 423 Å². The molecule has 6 aliphatic rings. The molecule has 73 heavy (non-hydrogen) atoms. The summed E-state index contributed by atoms with van der Waals surface area (Å²) in [6.45, 7) is 8.50. The molecular weight excluding hydrogens is 935 g/mol. The van der Waals surface area contributed by atoms with Gasteiger partial charge in [0, 0.05) is 86.6 Å². The Morgan fingerprint density at radius 2 is 1.70 bits per heavy atom. The molecule has 2 saturated carbocycles. The van der Waals surface area contributed by atoms with Gasteiger partial charge >= 0.3 is 6.03 Å². The number of halogens is 2. The number of piperidine rings is 2. The topological polar surface area (TPSA) is 185 Å². The molecule has 15 nitrogen and oxygen atoms in total. The van der Waals surface area contributed by atoms with Gasteiger partial charge in [0.2, 0.25) is 17.7 Å². The quantitative estimate of drug-likeness (QED) is 0.0916. The van der Waals surface area contributed by atoms with Crippen LogP contribution < -0.4 is 30.7 Å². The number of ether oxygens (including phenoxy) is 2. The van der Waals surface area contributed by atoms with Crippen molar-refractivity contribution in [3.05, 3.63) is 106 Å². The standard InChI is InChI=1S/C56H64F2N8O7/c1-31-43(57)26-46-49(48(31)50-39(52(59)69)15-16-45(51(50)58)72-24-23-67)32(2)56(73-46,36-7-5-4-6-8-36)30-60-37-12-9-34(10-13-37)54(70)65-28-41-40(42(41)29-65)27-64-20-17-33(18-21-64)35-11-14-38-44(25-35)63(3)62-53(38)66-22-19-47(68)61-55(66)71/h4-8,11,14-16,25-26,32-34,37,40-42,60,67H,9-10,12-13,17-24,27-30H2,1-3H3,(H2,59,69)(H,61,68,71). The first-order valence-electron chi connectivity index (χ1n) is 26.0. The maximum absolute atomic E-state index is 16.5. The fourth-order valence-corrected chi connectivity index (χ4v) is 13.1. The van der Waals surface area contributed by atoms with E-state index in [4.69, 9.17) is 15.2 Å². The molecule has 17 heteroatoms. The molecule has 5 N–H and O–H groups in total. The minimum Gasteiger partial charge on any atom is -0.488 e. The number of likely N-dealkylation sites (tertiary alicyclic amines) is 2. The van der Waals surface area contributed by atoms with Crippen LogP contribution in [-0.4, -0.2) is 114 Å². The number of amides is 5. The van der Waals surface area contributed by atoms with E-state index < -0.39 is 35.1 Å². The number of benzene rings is 4. The van der Waals surface area contributed by atoms with Crippen LogP contribution >= 0.6 is 0 Å². The van der Waals surface area contributed by atoms with Crippen molar-refractivity contribution in [3.63, 3.8) is 0 Å². The Hall–Kier alpha value is -6.43. The van der Waals surface area contributed by atoms with Crippen molar-refractivity contribution in [1.82, 2.24) is 30.2 Å². The summed E-state index contributed by atoms with van der Waals surface area (Å²) in [7, 11) is 1.90. The number of fused-ring (bicyclic) bond motifs is 3. The van der Waals surface area contributed by atoms with E-state index >= 15 is 8.78 Å². The molecule has 4 atom stereocenters. The molecule has 384 valence electrons. The van der Waals surface area contributed by atoms with Crippen molar-refractivity contribution < 1.29 is 42.5 Å². The highest BCUT2D eigenvalue weighted by atomic mass is 19.1. The molecule has 0 radical (unpaired) electrons. The molecule has 4 aromatic carbocycles. The lowest BCUT2D eigenvalue weighted by Gasteiger charge is -2.37. The smallest absolute Gasteiger partial charge is 0.329 e. The Morgan fingerprint density at radius 3 is 2.40 bits per heavy atom. The number of hydrogen-bond acceptors (Lipinski definition) is 10. The molecule has 2 aliphatic carbocycles. The number of hydrogen-bond donors (Lipinski definition) is 4. The van der Waals surface area contributed by atoms with Crippen LogP contribution in [0.1, 0.15) is 96.3 Å². The zero-order valence-electron chi connectivity index (χ0n) is 41.7. The van der Waals surface area contributed by atoms with E-state index in [-0.39, 0.29) is 77.2 Å². The fraction of sp³-hybridized carbons (Fsp3) is 0.482. The SMILES string of the molecule is Cc1c(F)cc2c(c1-c1c(C(N)=O)ccc(OCCO)c1F)C(C)C(CNC1CCC(C(=O)N3CC4C(CN5CCC(c6ccc7c(N8CCC(=O)NC8=O)nn(C)c7c6)CC5)C4C3)CC1)(c1ccccc1)O2. The summed E-state index contributed by atoms with van der Waals surface area (Å²) in [4.78, 5) is 57.4. The molecular formula is C56H64F2N8O7. The van der Waals surface area contributed by atoms with Gasteiger partial charge < -0.3 is 35.4 Å². The van der Waals surface area contributed by atoms with Crippen LogP contribution in [0.25, 0.3) is 22.0 Å². The zero-order valence-corrected chi connectivity index (χ0v) is 41.7. The summed E-state index contributed by atoms with van der Waals surface area (Å²) in [5.41, 5.74) is 8.47. The number of aliphatic hydroxyl groups excluding tert-OH is 1. The minimum atomic E-state index is -1.04. The van der Waals surface area contributed by atoms with Gasteiger partial charge in [0.15, 0.2) is 23.0 Å². The molecule has 5 amide bonds. The maximum Gasteiger partial charge on any atom is 0.329 e. The van der Waals surface area contributed by atoms with Crippen LogP contribution in [0, 0.1) is 42.2 Å². The van der Waals surface area contributed by atoms with E-state index in [1.165, 1.54) is 23.8 Å². The molecule has 4 unspecified atom stereocenters. The van der Waals surface area contributed by atoms with Crippen molar-refractivity contribution >= 4 is 40.5 Å². The first-order chi connectivity index (χ1) is 35.2. The summed E-state index contributed by atoms with van der Waals surface area (Å²) < 4.78 is 46.7. The van der Waals surface area contributed by atoms with Gasteiger partial charge in [-0.3, -0.25) is 29.3 Å². The van der Waals surface area contributed by atoms with E-state index in [0.717, 1.165) is 87.7 Å². The average Bonchev–Trinajstić information content (AvgIpc) is 3.64. The zero-order chi connectivity index (χ0) is 50.9. The second-order valence-electron chi connectivity index (χ2n) is 21.3. The van der Waals surface area contributed by atoms with E-state index in [1.807, 2.05) is 49.0 Å². The number of primary amides is 1. The van der Waals surface area contributed by atoms with Crippen LogP contribution in [0.3, 0.4) is 0 Å². The minimum absolute atomic E-state index is 0.0194. The third kappa shape index (κ3) is 8.80. The number of nitrogens with two attached hydrogens (primary N) is 1. The van der Waals surface area contributed by atoms with Crippen molar-refractivity contribution in [2.45, 2.75) is 82.3 Å². The Morgan fingerprint density at radius 1 is 0.959 bits per heavy atom. The van der Waals surface area contributed by atoms with Crippen LogP contribution in [0.2, 0.25) is 0 Å². The molecule has 3 saturated heterocycles. The summed E-state index contributed by atoms with van der Waals surface area (Å²) in [6.07, 6.45) is 5.58. The first-order valence-corrected chi connectivity index (χ1v) is 26.0. The second-order valence-corrected chi connectivity index (χ2v) is 21.3. The lowest BCUT2D eigenvalue weighted by molar-refractivity contribution is -0.136. The van der Waals surface area contributed by atoms with Gasteiger partial charge in [0.05, 0.1) is 17.7 Å². The largest absolute Gasteiger partial charge is 0.488 e.